The topological polar surface area (TPSA) is 58.6 Å². The van der Waals surface area contributed by atoms with Gasteiger partial charge in [-0.15, -0.1) is 0 Å². The fraction of sp³-hybridized carbons (Fsp3) is 0.385. The van der Waals surface area contributed by atoms with Crippen molar-refractivity contribution < 1.29 is 14.3 Å². The molecule has 0 saturated carbocycles. The van der Waals surface area contributed by atoms with Crippen molar-refractivity contribution in [2.24, 2.45) is 0 Å². The van der Waals surface area contributed by atoms with E-state index in [4.69, 9.17) is 27.9 Å². The number of hydrogen-bond acceptors (Lipinski definition) is 4. The average Bonchev–Trinajstić information content (AvgIpc) is 2.80. The van der Waals surface area contributed by atoms with Crippen LogP contribution in [-0.2, 0) is 14.3 Å². The van der Waals surface area contributed by atoms with Gasteiger partial charge >= 0.3 is 5.97 Å². The van der Waals surface area contributed by atoms with Crippen molar-refractivity contribution in [3.8, 4) is 0 Å². The molecule has 1 atom stereocenters. The van der Waals surface area contributed by atoms with Gasteiger partial charge in [0.05, 0.1) is 23.2 Å². The summed E-state index contributed by atoms with van der Waals surface area (Å²) >= 11 is 11.7. The zero-order valence-corrected chi connectivity index (χ0v) is 12.4. The number of likely N-dealkylation sites (N-methyl/N-ethyl adjacent to an activating group) is 1. The Balaban J connectivity index is 1.91. The van der Waals surface area contributed by atoms with Gasteiger partial charge < -0.3 is 10.1 Å². The molecule has 1 aliphatic heterocycles. The minimum atomic E-state index is -0.352. The summed E-state index contributed by atoms with van der Waals surface area (Å²) in [4.78, 5) is 25.0. The van der Waals surface area contributed by atoms with Crippen LogP contribution in [0.15, 0.2) is 18.2 Å². The molecule has 1 fully saturated rings. The number of benzene rings is 1. The van der Waals surface area contributed by atoms with E-state index in [0.717, 1.165) is 0 Å². The van der Waals surface area contributed by atoms with E-state index in [0.29, 0.717) is 28.8 Å². The molecule has 0 aliphatic carbocycles. The van der Waals surface area contributed by atoms with Crippen LogP contribution < -0.4 is 5.32 Å². The average molecular weight is 317 g/mol. The number of rotatable bonds is 4. The number of cyclic esters (lactones) is 1. The van der Waals surface area contributed by atoms with Gasteiger partial charge in [-0.3, -0.25) is 14.5 Å². The number of esters is 1. The number of nitrogens with one attached hydrogen (secondary N) is 1. The quantitative estimate of drug-likeness (QED) is 0.865. The van der Waals surface area contributed by atoms with Crippen LogP contribution in [-0.4, -0.2) is 43.0 Å². The highest BCUT2D eigenvalue weighted by molar-refractivity contribution is 6.42. The van der Waals surface area contributed by atoms with E-state index in [1.165, 1.54) is 0 Å². The monoisotopic (exact) mass is 316 g/mol. The van der Waals surface area contributed by atoms with Gasteiger partial charge in [0.2, 0.25) is 5.91 Å². The molecule has 7 heteroatoms. The van der Waals surface area contributed by atoms with Crippen LogP contribution in [0.25, 0.3) is 0 Å². The Bertz CT molecular complexity index is 536. The van der Waals surface area contributed by atoms with Crippen molar-refractivity contribution in [2.45, 2.75) is 12.5 Å². The van der Waals surface area contributed by atoms with Crippen molar-refractivity contribution in [1.82, 2.24) is 4.90 Å². The van der Waals surface area contributed by atoms with Crippen molar-refractivity contribution in [2.75, 3.05) is 25.5 Å². The van der Waals surface area contributed by atoms with Gasteiger partial charge in [0.25, 0.3) is 0 Å². The Kier molecular flexibility index (Phi) is 4.86. The number of ether oxygens (including phenoxy) is 1. The Morgan fingerprint density at radius 1 is 1.45 bits per heavy atom. The number of halogens is 2. The van der Waals surface area contributed by atoms with Gasteiger partial charge in [0, 0.05) is 12.1 Å². The summed E-state index contributed by atoms with van der Waals surface area (Å²) in [5.41, 5.74) is 0.562. The minimum absolute atomic E-state index is 0.0972. The van der Waals surface area contributed by atoms with E-state index in [1.807, 2.05) is 0 Å². The van der Waals surface area contributed by atoms with Crippen LogP contribution in [0, 0.1) is 0 Å². The molecule has 1 amide bonds. The van der Waals surface area contributed by atoms with Crippen molar-refractivity contribution >= 4 is 40.8 Å². The standard InChI is InChI=1S/C13H14Cl2N2O3/c1-17(11-4-5-20-13(11)19)7-12(18)16-8-2-3-9(14)10(15)6-8/h2-3,6,11H,4-5,7H2,1H3,(H,16,18). The zero-order valence-electron chi connectivity index (χ0n) is 10.9. The molecule has 1 heterocycles. The number of amides is 1. The molecule has 5 nitrogen and oxygen atoms in total. The maximum Gasteiger partial charge on any atom is 0.323 e. The lowest BCUT2D eigenvalue weighted by atomic mass is 10.2. The predicted octanol–water partition coefficient (Wildman–Crippen LogP) is 2.18. The molecule has 1 N–H and O–H groups in total. The summed E-state index contributed by atoms with van der Waals surface area (Å²) in [6.45, 7) is 0.502. The van der Waals surface area contributed by atoms with Crippen LogP contribution in [0.4, 0.5) is 5.69 Å². The number of carbonyl (C=O) groups excluding carboxylic acids is 2. The van der Waals surface area contributed by atoms with Crippen molar-refractivity contribution in [1.29, 1.82) is 0 Å². The molecule has 108 valence electrons. The molecule has 1 unspecified atom stereocenters. The Labute approximate surface area is 126 Å². The highest BCUT2D eigenvalue weighted by atomic mass is 35.5. The van der Waals surface area contributed by atoms with Gasteiger partial charge in [-0.25, -0.2) is 0 Å². The molecule has 1 aromatic carbocycles. The minimum Gasteiger partial charge on any atom is -0.464 e. The first-order valence-electron chi connectivity index (χ1n) is 6.09. The number of carbonyl (C=O) groups is 2. The summed E-state index contributed by atoms with van der Waals surface area (Å²) in [7, 11) is 1.71. The van der Waals surface area contributed by atoms with E-state index < -0.39 is 0 Å². The molecule has 0 radical (unpaired) electrons. The molecule has 1 aromatic rings. The van der Waals surface area contributed by atoms with Crippen molar-refractivity contribution in [3.63, 3.8) is 0 Å². The SMILES string of the molecule is CN(CC(=O)Nc1ccc(Cl)c(Cl)c1)C1CCOC1=O. The summed E-state index contributed by atoms with van der Waals surface area (Å²) in [6, 6.07) is 4.49. The summed E-state index contributed by atoms with van der Waals surface area (Å²) < 4.78 is 4.87. The third-order valence-corrected chi connectivity index (χ3v) is 3.78. The fourth-order valence-electron chi connectivity index (χ4n) is 2.00. The number of nitrogens with zero attached hydrogens (tertiary/aromatic N) is 1. The highest BCUT2D eigenvalue weighted by Crippen LogP contribution is 2.25. The van der Waals surface area contributed by atoms with E-state index in [1.54, 1.807) is 30.1 Å². The molecule has 2 rings (SSSR count). The molecule has 1 saturated heterocycles. The van der Waals surface area contributed by atoms with Gasteiger partial charge in [-0.05, 0) is 25.2 Å². The van der Waals surface area contributed by atoms with E-state index in [9.17, 15) is 9.59 Å². The molecule has 0 bridgehead atoms. The summed E-state index contributed by atoms with van der Waals surface area (Å²) in [5, 5.41) is 3.50. The van der Waals surface area contributed by atoms with Crippen LogP contribution >= 0.6 is 23.2 Å². The second-order valence-electron chi connectivity index (χ2n) is 4.56. The largest absolute Gasteiger partial charge is 0.464 e. The molecule has 0 spiro atoms. The van der Waals surface area contributed by atoms with Crippen LogP contribution in [0.2, 0.25) is 10.0 Å². The van der Waals surface area contributed by atoms with Gasteiger partial charge in [0.1, 0.15) is 6.04 Å². The Hall–Kier alpha value is -1.30. The lowest BCUT2D eigenvalue weighted by Crippen LogP contribution is -2.40. The Morgan fingerprint density at radius 2 is 2.20 bits per heavy atom. The van der Waals surface area contributed by atoms with E-state index in [-0.39, 0.29) is 24.5 Å². The maximum absolute atomic E-state index is 11.9. The first-order valence-corrected chi connectivity index (χ1v) is 6.85. The molecule has 1 aliphatic rings. The molecular formula is C13H14Cl2N2O3. The molecular weight excluding hydrogens is 303 g/mol. The number of hydrogen-bond donors (Lipinski definition) is 1. The first kappa shape index (κ1) is 15.1. The second kappa shape index (κ2) is 6.43. The Morgan fingerprint density at radius 3 is 2.80 bits per heavy atom. The summed E-state index contributed by atoms with van der Waals surface area (Å²) in [6.07, 6.45) is 0.607. The van der Waals surface area contributed by atoms with Gasteiger partial charge in [-0.1, -0.05) is 23.2 Å². The summed E-state index contributed by atoms with van der Waals surface area (Å²) in [5.74, 6) is -0.513. The van der Waals surface area contributed by atoms with E-state index >= 15 is 0 Å². The van der Waals surface area contributed by atoms with Crippen LogP contribution in [0.3, 0.4) is 0 Å². The van der Waals surface area contributed by atoms with E-state index in [2.05, 4.69) is 5.32 Å². The first-order chi connectivity index (χ1) is 9.47. The fourth-order valence-corrected chi connectivity index (χ4v) is 2.29. The van der Waals surface area contributed by atoms with Gasteiger partial charge in [0.15, 0.2) is 0 Å². The molecule has 20 heavy (non-hydrogen) atoms. The smallest absolute Gasteiger partial charge is 0.323 e. The van der Waals surface area contributed by atoms with Crippen LogP contribution in [0.1, 0.15) is 6.42 Å². The number of anilines is 1. The lowest BCUT2D eigenvalue weighted by Gasteiger charge is -2.20. The van der Waals surface area contributed by atoms with Crippen molar-refractivity contribution in [3.05, 3.63) is 28.2 Å². The zero-order chi connectivity index (χ0) is 14.7. The van der Waals surface area contributed by atoms with Gasteiger partial charge in [-0.2, -0.15) is 0 Å². The third kappa shape index (κ3) is 3.62. The van der Waals surface area contributed by atoms with Crippen LogP contribution in [0.5, 0.6) is 0 Å². The lowest BCUT2D eigenvalue weighted by molar-refractivity contribution is -0.142. The third-order valence-electron chi connectivity index (χ3n) is 3.04. The highest BCUT2D eigenvalue weighted by Gasteiger charge is 2.30. The normalized spacial score (nSPS) is 18.2. The second-order valence-corrected chi connectivity index (χ2v) is 5.38. The molecule has 0 aromatic heterocycles. The predicted molar refractivity (Wildman–Crippen MR) is 77.1 cm³/mol. The maximum atomic E-state index is 11.9.